The minimum Gasteiger partial charge on any atom is -0.378 e. The third-order valence-corrected chi connectivity index (χ3v) is 2.48. The molecule has 84 valence electrons. The average molecular weight is 241 g/mol. The van der Waals surface area contributed by atoms with Crippen LogP contribution in [0.2, 0.25) is 5.02 Å². The molecule has 2 aromatic rings. The third-order valence-electron chi connectivity index (χ3n) is 2.18. The summed E-state index contributed by atoms with van der Waals surface area (Å²) in [6, 6.07) is 4.57. The topological polar surface area (TPSA) is 42.7 Å². The van der Waals surface area contributed by atoms with Crippen LogP contribution in [0.25, 0.3) is 0 Å². The molecule has 0 unspecified atom stereocenters. The molecule has 0 atom stereocenters. The van der Waals surface area contributed by atoms with Crippen molar-refractivity contribution < 1.29 is 4.39 Å². The summed E-state index contributed by atoms with van der Waals surface area (Å²) in [5.74, 6) is 0.333. The Kier molecular flexibility index (Phi) is 3.05. The van der Waals surface area contributed by atoms with Gasteiger partial charge in [0.05, 0.1) is 11.6 Å². The predicted molar refractivity (Wildman–Crippen MR) is 59.7 cm³/mol. The number of rotatable bonds is 3. The van der Waals surface area contributed by atoms with E-state index in [9.17, 15) is 4.39 Å². The maximum Gasteiger partial charge on any atom is 0.151 e. The number of anilines is 1. The summed E-state index contributed by atoms with van der Waals surface area (Å²) in [4.78, 5) is 0. The molecule has 0 saturated carbocycles. The van der Waals surface area contributed by atoms with Gasteiger partial charge in [-0.25, -0.2) is 4.39 Å². The van der Waals surface area contributed by atoms with E-state index in [0.717, 1.165) is 5.82 Å². The Bertz CT molecular complexity index is 497. The number of benzene rings is 1. The average Bonchev–Trinajstić information content (AvgIpc) is 2.66. The third kappa shape index (κ3) is 2.30. The van der Waals surface area contributed by atoms with Crippen LogP contribution >= 0.6 is 11.6 Å². The summed E-state index contributed by atoms with van der Waals surface area (Å²) >= 11 is 5.58. The number of hydrogen-bond acceptors (Lipinski definition) is 3. The Hall–Kier alpha value is -1.62. The van der Waals surface area contributed by atoms with Crippen LogP contribution in [0.4, 0.5) is 10.1 Å². The van der Waals surface area contributed by atoms with Crippen LogP contribution in [-0.2, 0) is 13.6 Å². The molecule has 1 aromatic heterocycles. The van der Waals surface area contributed by atoms with E-state index in [2.05, 4.69) is 15.5 Å². The highest BCUT2D eigenvalue weighted by Crippen LogP contribution is 2.18. The van der Waals surface area contributed by atoms with E-state index in [4.69, 9.17) is 11.6 Å². The molecule has 1 N–H and O–H groups in total. The first-order chi connectivity index (χ1) is 7.66. The highest BCUT2D eigenvalue weighted by atomic mass is 35.5. The van der Waals surface area contributed by atoms with Crippen LogP contribution in [0.3, 0.4) is 0 Å². The SMILES string of the molecule is Cn1cnnc1CNc1ccc(Cl)c(F)c1. The normalized spacial score (nSPS) is 10.4. The number of aromatic nitrogens is 3. The lowest BCUT2D eigenvalue weighted by atomic mass is 10.3. The molecule has 0 saturated heterocycles. The second-order valence-electron chi connectivity index (χ2n) is 3.34. The van der Waals surface area contributed by atoms with Crippen molar-refractivity contribution in [1.29, 1.82) is 0 Å². The van der Waals surface area contributed by atoms with Crippen molar-refractivity contribution in [3.05, 3.63) is 41.2 Å². The van der Waals surface area contributed by atoms with E-state index < -0.39 is 5.82 Å². The lowest BCUT2D eigenvalue weighted by Gasteiger charge is -2.06. The van der Waals surface area contributed by atoms with E-state index in [1.165, 1.54) is 12.1 Å². The molecule has 0 aliphatic rings. The molecular formula is C10H10ClFN4. The molecule has 1 heterocycles. The largest absolute Gasteiger partial charge is 0.378 e. The van der Waals surface area contributed by atoms with Gasteiger partial charge in [0.2, 0.25) is 0 Å². The van der Waals surface area contributed by atoms with Crippen molar-refractivity contribution in [3.63, 3.8) is 0 Å². The summed E-state index contributed by atoms with van der Waals surface area (Å²) in [5, 5.41) is 10.8. The van der Waals surface area contributed by atoms with Crippen molar-refractivity contribution >= 4 is 17.3 Å². The van der Waals surface area contributed by atoms with Crippen LogP contribution in [-0.4, -0.2) is 14.8 Å². The van der Waals surface area contributed by atoms with Gasteiger partial charge in [0.1, 0.15) is 12.1 Å². The van der Waals surface area contributed by atoms with E-state index in [1.54, 1.807) is 17.0 Å². The first-order valence-corrected chi connectivity index (χ1v) is 5.06. The molecule has 0 fully saturated rings. The van der Waals surface area contributed by atoms with Gasteiger partial charge < -0.3 is 9.88 Å². The van der Waals surface area contributed by atoms with Crippen LogP contribution in [0.15, 0.2) is 24.5 Å². The second kappa shape index (κ2) is 4.49. The fourth-order valence-corrected chi connectivity index (χ4v) is 1.37. The summed E-state index contributed by atoms with van der Waals surface area (Å²) in [6.07, 6.45) is 1.61. The number of nitrogens with zero attached hydrogens (tertiary/aromatic N) is 3. The Morgan fingerprint density at radius 1 is 1.50 bits per heavy atom. The smallest absolute Gasteiger partial charge is 0.151 e. The molecular weight excluding hydrogens is 231 g/mol. The lowest BCUT2D eigenvalue weighted by Crippen LogP contribution is -2.05. The molecule has 0 aliphatic heterocycles. The summed E-state index contributed by atoms with van der Waals surface area (Å²) < 4.78 is 14.9. The monoisotopic (exact) mass is 240 g/mol. The molecule has 16 heavy (non-hydrogen) atoms. The maximum absolute atomic E-state index is 13.1. The Morgan fingerprint density at radius 2 is 2.31 bits per heavy atom. The number of aryl methyl sites for hydroxylation is 1. The molecule has 0 bridgehead atoms. The molecule has 6 heteroatoms. The van der Waals surface area contributed by atoms with Crippen LogP contribution in [0, 0.1) is 5.82 Å². The molecule has 0 amide bonds. The number of hydrogen-bond donors (Lipinski definition) is 1. The van der Waals surface area contributed by atoms with Gasteiger partial charge in [-0.15, -0.1) is 10.2 Å². The van der Waals surface area contributed by atoms with Crippen molar-refractivity contribution in [2.24, 2.45) is 7.05 Å². The van der Waals surface area contributed by atoms with E-state index in [1.807, 2.05) is 7.05 Å². The van der Waals surface area contributed by atoms with Crippen molar-refractivity contribution in [2.75, 3.05) is 5.32 Å². The quantitative estimate of drug-likeness (QED) is 0.895. The summed E-state index contributed by atoms with van der Waals surface area (Å²) in [7, 11) is 1.85. The Morgan fingerprint density at radius 3 is 2.94 bits per heavy atom. The maximum atomic E-state index is 13.1. The van der Waals surface area contributed by atoms with Crippen molar-refractivity contribution in [2.45, 2.75) is 6.54 Å². The minimum atomic E-state index is -0.440. The van der Waals surface area contributed by atoms with E-state index in [0.29, 0.717) is 12.2 Å². The van der Waals surface area contributed by atoms with Gasteiger partial charge in [-0.05, 0) is 18.2 Å². The molecule has 2 rings (SSSR count). The van der Waals surface area contributed by atoms with Gasteiger partial charge in [0.25, 0.3) is 0 Å². The highest BCUT2D eigenvalue weighted by Gasteiger charge is 2.03. The van der Waals surface area contributed by atoms with Gasteiger partial charge in [0, 0.05) is 12.7 Å². The first kappa shape index (κ1) is 10.9. The Labute approximate surface area is 97.1 Å². The van der Waals surface area contributed by atoms with Crippen molar-refractivity contribution in [3.8, 4) is 0 Å². The molecule has 0 spiro atoms. The molecule has 0 radical (unpaired) electrons. The van der Waals surface area contributed by atoms with Gasteiger partial charge in [0.15, 0.2) is 5.82 Å². The van der Waals surface area contributed by atoms with Crippen LogP contribution in [0.1, 0.15) is 5.82 Å². The standard InChI is InChI=1S/C10H10ClFN4/c1-16-6-14-15-10(16)5-13-7-2-3-8(11)9(12)4-7/h2-4,6,13H,5H2,1H3. The zero-order valence-corrected chi connectivity index (χ0v) is 9.37. The van der Waals surface area contributed by atoms with Gasteiger partial charge in [-0.3, -0.25) is 0 Å². The van der Waals surface area contributed by atoms with Crippen LogP contribution in [0.5, 0.6) is 0 Å². The molecule has 1 aromatic carbocycles. The zero-order chi connectivity index (χ0) is 11.5. The second-order valence-corrected chi connectivity index (χ2v) is 3.75. The molecule has 4 nitrogen and oxygen atoms in total. The lowest BCUT2D eigenvalue weighted by molar-refractivity contribution is 0.628. The van der Waals surface area contributed by atoms with Gasteiger partial charge >= 0.3 is 0 Å². The van der Waals surface area contributed by atoms with Gasteiger partial charge in [-0.1, -0.05) is 11.6 Å². The van der Waals surface area contributed by atoms with E-state index in [-0.39, 0.29) is 5.02 Å². The zero-order valence-electron chi connectivity index (χ0n) is 8.61. The van der Waals surface area contributed by atoms with E-state index >= 15 is 0 Å². The number of halogens is 2. The Balaban J connectivity index is 2.05. The number of nitrogens with one attached hydrogen (secondary N) is 1. The predicted octanol–water partition coefficient (Wildman–Crippen LogP) is 2.22. The fourth-order valence-electron chi connectivity index (χ4n) is 1.25. The fraction of sp³-hybridized carbons (Fsp3) is 0.200. The highest BCUT2D eigenvalue weighted by molar-refractivity contribution is 6.30. The summed E-state index contributed by atoms with van der Waals surface area (Å²) in [5.41, 5.74) is 0.657. The summed E-state index contributed by atoms with van der Waals surface area (Å²) in [6.45, 7) is 0.484. The molecule has 0 aliphatic carbocycles. The van der Waals surface area contributed by atoms with Crippen LogP contribution < -0.4 is 5.32 Å². The first-order valence-electron chi connectivity index (χ1n) is 4.68. The van der Waals surface area contributed by atoms with Gasteiger partial charge in [-0.2, -0.15) is 0 Å². The van der Waals surface area contributed by atoms with Crippen molar-refractivity contribution in [1.82, 2.24) is 14.8 Å². The minimum absolute atomic E-state index is 0.115.